The molecule has 4 heterocycles. The van der Waals surface area contributed by atoms with Crippen molar-refractivity contribution in [1.82, 2.24) is 34.3 Å². The Morgan fingerprint density at radius 1 is 1.11 bits per heavy atom. The van der Waals surface area contributed by atoms with E-state index in [9.17, 15) is 27.2 Å². The third-order valence-electron chi connectivity index (χ3n) is 5.45. The molecule has 0 unspecified atom stereocenters. The summed E-state index contributed by atoms with van der Waals surface area (Å²) >= 11 is 0. The highest BCUT2D eigenvalue weighted by molar-refractivity contribution is 5.78. The van der Waals surface area contributed by atoms with Gasteiger partial charge < -0.3 is 4.98 Å². The Morgan fingerprint density at radius 3 is 2.60 bits per heavy atom. The number of para-hydroxylation sites is 1. The van der Waals surface area contributed by atoms with E-state index < -0.39 is 29.9 Å². The van der Waals surface area contributed by atoms with Gasteiger partial charge in [0.25, 0.3) is 5.56 Å². The molecule has 1 saturated carbocycles. The van der Waals surface area contributed by atoms with Gasteiger partial charge in [-0.25, -0.2) is 9.78 Å². The predicted octanol–water partition coefficient (Wildman–Crippen LogP) is 3.39. The second-order valence-electron chi connectivity index (χ2n) is 8.04. The molecule has 6 rings (SSSR count). The zero-order valence-electron chi connectivity index (χ0n) is 17.9. The second kappa shape index (κ2) is 8.49. The van der Waals surface area contributed by atoms with Crippen LogP contribution in [0.3, 0.4) is 0 Å². The Balaban J connectivity index is 0.000000158. The quantitative estimate of drug-likeness (QED) is 0.379. The van der Waals surface area contributed by atoms with Crippen LogP contribution in [0.25, 0.3) is 27.8 Å². The number of nitrogens with one attached hydrogen (secondary N) is 2. The van der Waals surface area contributed by atoms with Gasteiger partial charge >= 0.3 is 11.9 Å². The number of hydrogen-bond donors (Lipinski definition) is 2. The van der Waals surface area contributed by atoms with E-state index in [1.54, 1.807) is 30.3 Å². The van der Waals surface area contributed by atoms with Crippen molar-refractivity contribution in [2.45, 2.75) is 31.5 Å². The third-order valence-corrected chi connectivity index (χ3v) is 5.45. The van der Waals surface area contributed by atoms with E-state index in [0.717, 1.165) is 39.2 Å². The smallest absolute Gasteiger partial charge is 0.313 e. The average Bonchev–Trinajstić information content (AvgIpc) is 3.49. The lowest BCUT2D eigenvalue weighted by molar-refractivity contribution is -0.141. The van der Waals surface area contributed by atoms with Crippen molar-refractivity contribution >= 4 is 16.6 Å². The highest BCUT2D eigenvalue weighted by Crippen LogP contribution is 2.42. The summed E-state index contributed by atoms with van der Waals surface area (Å²) < 4.78 is 52.1. The van der Waals surface area contributed by atoms with Crippen LogP contribution in [0.5, 0.6) is 0 Å². The SMILES string of the molecule is FC(F)(F)Cn1ncc2ccccc21.O=c1[nH]cc(-c2cc(C3CC3)c3ncc(F)n3n2)c(=O)[nH]1. The van der Waals surface area contributed by atoms with Gasteiger partial charge in [0.1, 0.15) is 6.54 Å². The molecule has 0 atom stereocenters. The van der Waals surface area contributed by atoms with E-state index in [0.29, 0.717) is 22.8 Å². The molecule has 1 aliphatic rings. The van der Waals surface area contributed by atoms with Crippen molar-refractivity contribution in [2.24, 2.45) is 0 Å². The monoisotopic (exact) mass is 487 g/mol. The number of aromatic nitrogens is 7. The molecule has 1 fully saturated rings. The minimum Gasteiger partial charge on any atom is -0.313 e. The Hall–Kier alpha value is -4.29. The number of benzene rings is 1. The maximum atomic E-state index is 13.8. The van der Waals surface area contributed by atoms with Crippen molar-refractivity contribution in [3.63, 3.8) is 0 Å². The first-order valence-electron chi connectivity index (χ1n) is 10.5. The predicted molar refractivity (Wildman–Crippen MR) is 117 cm³/mol. The van der Waals surface area contributed by atoms with Crippen molar-refractivity contribution in [3.8, 4) is 11.3 Å². The second-order valence-corrected chi connectivity index (χ2v) is 8.04. The molecule has 13 heteroatoms. The van der Waals surface area contributed by atoms with Crippen molar-refractivity contribution in [3.05, 3.63) is 81.3 Å². The fourth-order valence-corrected chi connectivity index (χ4v) is 3.71. The van der Waals surface area contributed by atoms with Crippen LogP contribution >= 0.6 is 0 Å². The molecule has 4 aromatic heterocycles. The third kappa shape index (κ3) is 4.69. The number of rotatable bonds is 3. The number of hydrogen-bond acceptors (Lipinski definition) is 5. The summed E-state index contributed by atoms with van der Waals surface area (Å²) in [7, 11) is 0. The number of alkyl halides is 3. The van der Waals surface area contributed by atoms with Gasteiger partial charge in [-0.05, 0) is 30.9 Å². The average molecular weight is 487 g/mol. The summed E-state index contributed by atoms with van der Waals surface area (Å²) in [5.41, 5.74) is 1.18. The van der Waals surface area contributed by atoms with Gasteiger partial charge in [0.05, 0.1) is 29.2 Å². The number of H-pyrrole nitrogens is 2. The van der Waals surface area contributed by atoms with Crippen LogP contribution in [0.15, 0.2) is 58.5 Å². The van der Waals surface area contributed by atoms with E-state index in [1.165, 1.54) is 12.4 Å². The van der Waals surface area contributed by atoms with E-state index in [-0.39, 0.29) is 5.56 Å². The molecule has 0 bridgehead atoms. The standard InChI is InChI=1S/C13H10FN5O2.C9H7F3N2/c14-10-5-15-11-7(6-1-2-6)3-9(18-19(10)11)8-4-16-13(21)17-12(8)20;10-9(11,12)6-14-8-4-2-1-3-7(8)5-13-14/h3-6H,1-2H2,(H2,16,17,20,21);1-5H,6H2. The number of halogens is 4. The molecular formula is C22H17F4N7O2. The highest BCUT2D eigenvalue weighted by Gasteiger charge is 2.29. The fraction of sp³-hybridized carbons (Fsp3) is 0.227. The molecule has 0 radical (unpaired) electrons. The molecule has 9 nitrogen and oxygen atoms in total. The molecule has 5 aromatic rings. The van der Waals surface area contributed by atoms with Crippen molar-refractivity contribution < 1.29 is 17.6 Å². The molecule has 35 heavy (non-hydrogen) atoms. The van der Waals surface area contributed by atoms with Gasteiger partial charge in [-0.1, -0.05) is 18.2 Å². The van der Waals surface area contributed by atoms with Gasteiger partial charge in [0.2, 0.25) is 5.95 Å². The highest BCUT2D eigenvalue weighted by atomic mass is 19.4. The van der Waals surface area contributed by atoms with Crippen LogP contribution in [0, 0.1) is 5.95 Å². The van der Waals surface area contributed by atoms with Gasteiger partial charge in [-0.2, -0.15) is 32.3 Å². The van der Waals surface area contributed by atoms with Gasteiger partial charge in [0.15, 0.2) is 5.65 Å². The topological polar surface area (TPSA) is 114 Å². The molecule has 0 spiro atoms. The molecule has 180 valence electrons. The zero-order chi connectivity index (χ0) is 24.7. The van der Waals surface area contributed by atoms with Crippen LogP contribution in [0.2, 0.25) is 0 Å². The van der Waals surface area contributed by atoms with Crippen LogP contribution < -0.4 is 11.2 Å². The van der Waals surface area contributed by atoms with Crippen molar-refractivity contribution in [1.29, 1.82) is 0 Å². The lowest BCUT2D eigenvalue weighted by Crippen LogP contribution is -2.23. The molecule has 0 aliphatic heterocycles. The Labute approximate surface area is 193 Å². The molecular weight excluding hydrogens is 470 g/mol. The van der Waals surface area contributed by atoms with Crippen LogP contribution in [0.1, 0.15) is 24.3 Å². The van der Waals surface area contributed by atoms with Crippen LogP contribution in [-0.2, 0) is 6.54 Å². The summed E-state index contributed by atoms with van der Waals surface area (Å²) in [6, 6.07) is 8.55. The lowest BCUT2D eigenvalue weighted by Gasteiger charge is -2.06. The lowest BCUT2D eigenvalue weighted by atomic mass is 10.1. The van der Waals surface area contributed by atoms with Crippen LogP contribution in [0.4, 0.5) is 17.6 Å². The molecule has 2 N–H and O–H groups in total. The van der Waals surface area contributed by atoms with E-state index in [4.69, 9.17) is 0 Å². The van der Waals surface area contributed by atoms with Gasteiger partial charge in [-0.3, -0.25) is 14.5 Å². The normalized spacial score (nSPS) is 13.7. The van der Waals surface area contributed by atoms with Crippen molar-refractivity contribution in [2.75, 3.05) is 0 Å². The molecule has 1 aliphatic carbocycles. The first-order valence-corrected chi connectivity index (χ1v) is 10.5. The first-order chi connectivity index (χ1) is 16.7. The van der Waals surface area contributed by atoms with E-state index in [1.807, 2.05) is 0 Å². The minimum absolute atomic E-state index is 0.187. The van der Waals surface area contributed by atoms with Gasteiger partial charge in [-0.15, -0.1) is 0 Å². The zero-order valence-corrected chi connectivity index (χ0v) is 17.9. The fourth-order valence-electron chi connectivity index (χ4n) is 3.71. The van der Waals surface area contributed by atoms with E-state index in [2.05, 4.69) is 25.1 Å². The summed E-state index contributed by atoms with van der Waals surface area (Å²) in [6.07, 6.45) is 1.61. The number of nitrogens with zero attached hydrogens (tertiary/aromatic N) is 5. The Kier molecular flexibility index (Phi) is 5.46. The Morgan fingerprint density at radius 2 is 1.89 bits per heavy atom. The van der Waals surface area contributed by atoms with Crippen LogP contribution in [-0.4, -0.2) is 40.5 Å². The maximum absolute atomic E-state index is 13.8. The summed E-state index contributed by atoms with van der Waals surface area (Å²) in [4.78, 5) is 31.5. The van der Waals surface area contributed by atoms with E-state index >= 15 is 0 Å². The number of imidazole rings is 1. The first kappa shape index (κ1) is 22.5. The van der Waals surface area contributed by atoms with Gasteiger partial charge in [0, 0.05) is 17.1 Å². The summed E-state index contributed by atoms with van der Waals surface area (Å²) in [6.45, 7) is -1.04. The molecule has 0 saturated heterocycles. The molecule has 0 amide bonds. The molecule has 1 aromatic carbocycles. The number of fused-ring (bicyclic) bond motifs is 2. The largest absolute Gasteiger partial charge is 0.408 e. The summed E-state index contributed by atoms with van der Waals surface area (Å²) in [5, 5.41) is 8.50. The number of aromatic amines is 2. The Bertz CT molecular complexity index is 1640. The minimum atomic E-state index is -4.23. The maximum Gasteiger partial charge on any atom is 0.408 e. The summed E-state index contributed by atoms with van der Waals surface area (Å²) in [5.74, 6) is -0.271.